The molecule has 0 aromatic heterocycles. The Bertz CT molecular complexity index is 585. The van der Waals surface area contributed by atoms with Gasteiger partial charge in [0.15, 0.2) is 17.3 Å². The van der Waals surface area contributed by atoms with Crippen LogP contribution in [0.3, 0.4) is 0 Å². The number of ketones is 1. The molecule has 2 heterocycles. The van der Waals surface area contributed by atoms with Crippen LogP contribution in [0.1, 0.15) is 17.3 Å². The lowest BCUT2D eigenvalue weighted by molar-refractivity contribution is -0.134. The van der Waals surface area contributed by atoms with E-state index in [0.29, 0.717) is 17.1 Å². The van der Waals surface area contributed by atoms with Gasteiger partial charge in [-0.15, -0.1) is 0 Å². The van der Waals surface area contributed by atoms with Crippen molar-refractivity contribution in [3.8, 4) is 11.5 Å². The highest BCUT2D eigenvalue weighted by molar-refractivity contribution is 8.00. The number of carbonyl (C=O) groups excluding carboxylic acids is 2. The number of amides is 1. The zero-order chi connectivity index (χ0) is 15.0. The fourth-order valence-corrected chi connectivity index (χ4v) is 3.08. The minimum Gasteiger partial charge on any atom is -0.454 e. The quantitative estimate of drug-likeness (QED) is 0.794. The molecule has 0 spiro atoms. The SMILES string of the molecule is C[C@@H](C(=O)c1ccc2c(c1)OCO2)N(C)C(=O)C1CSC1. The van der Waals surface area contributed by atoms with Gasteiger partial charge < -0.3 is 14.4 Å². The normalized spacial score (nSPS) is 18.0. The van der Waals surface area contributed by atoms with Crippen LogP contribution < -0.4 is 9.47 Å². The van der Waals surface area contributed by atoms with Gasteiger partial charge in [-0.05, 0) is 25.1 Å². The molecule has 0 aliphatic carbocycles. The highest BCUT2D eigenvalue weighted by atomic mass is 32.2. The smallest absolute Gasteiger partial charge is 0.231 e. The highest BCUT2D eigenvalue weighted by Crippen LogP contribution is 2.33. The molecule has 1 fully saturated rings. The third-order valence-corrected chi connectivity index (χ3v) is 5.23. The molecule has 0 radical (unpaired) electrons. The van der Waals surface area contributed by atoms with Crippen LogP contribution in [0, 0.1) is 5.92 Å². The maximum absolute atomic E-state index is 12.5. The van der Waals surface area contributed by atoms with E-state index in [0.717, 1.165) is 11.5 Å². The summed E-state index contributed by atoms with van der Waals surface area (Å²) in [4.78, 5) is 26.3. The Balaban J connectivity index is 1.73. The first-order valence-electron chi connectivity index (χ1n) is 6.86. The van der Waals surface area contributed by atoms with E-state index in [9.17, 15) is 9.59 Å². The minimum absolute atomic E-state index is 0.0512. The lowest BCUT2D eigenvalue weighted by Gasteiger charge is -2.31. The number of hydrogen-bond acceptors (Lipinski definition) is 5. The van der Waals surface area contributed by atoms with Gasteiger partial charge in [0.25, 0.3) is 0 Å². The summed E-state index contributed by atoms with van der Waals surface area (Å²) >= 11 is 1.76. The molecule has 1 atom stereocenters. The molecule has 1 amide bonds. The van der Waals surface area contributed by atoms with Crippen molar-refractivity contribution in [2.24, 2.45) is 5.92 Å². The molecule has 1 aromatic carbocycles. The summed E-state index contributed by atoms with van der Waals surface area (Å²) in [5, 5.41) is 0. The van der Waals surface area contributed by atoms with Gasteiger partial charge in [-0.3, -0.25) is 9.59 Å². The van der Waals surface area contributed by atoms with Crippen molar-refractivity contribution in [2.75, 3.05) is 25.3 Å². The van der Waals surface area contributed by atoms with Gasteiger partial charge in [-0.25, -0.2) is 0 Å². The Labute approximate surface area is 127 Å². The van der Waals surface area contributed by atoms with Gasteiger partial charge in [0, 0.05) is 24.1 Å². The number of Topliss-reactive ketones (excluding diaryl/α,β-unsaturated/α-hetero) is 1. The molecule has 5 nitrogen and oxygen atoms in total. The average Bonchev–Trinajstić information content (AvgIpc) is 2.90. The summed E-state index contributed by atoms with van der Waals surface area (Å²) in [6.45, 7) is 1.94. The number of fused-ring (bicyclic) bond motifs is 1. The van der Waals surface area contributed by atoms with Crippen molar-refractivity contribution in [3.63, 3.8) is 0 Å². The molecule has 112 valence electrons. The largest absolute Gasteiger partial charge is 0.454 e. The second-order valence-electron chi connectivity index (χ2n) is 5.29. The lowest BCUT2D eigenvalue weighted by Crippen LogP contribution is -2.46. The number of benzene rings is 1. The third-order valence-electron chi connectivity index (χ3n) is 3.95. The maximum Gasteiger partial charge on any atom is 0.231 e. The van der Waals surface area contributed by atoms with Gasteiger partial charge in [0.05, 0.1) is 12.0 Å². The van der Waals surface area contributed by atoms with Crippen LogP contribution in [-0.4, -0.2) is 48.0 Å². The van der Waals surface area contributed by atoms with Crippen molar-refractivity contribution >= 4 is 23.5 Å². The number of thioether (sulfide) groups is 1. The molecule has 0 unspecified atom stereocenters. The fourth-order valence-electron chi connectivity index (χ4n) is 2.32. The Morgan fingerprint density at radius 1 is 1.29 bits per heavy atom. The molecular formula is C15H17NO4S. The number of carbonyl (C=O) groups is 2. The maximum atomic E-state index is 12.5. The summed E-state index contributed by atoms with van der Waals surface area (Å²) in [5.74, 6) is 2.97. The first-order valence-corrected chi connectivity index (χ1v) is 8.01. The summed E-state index contributed by atoms with van der Waals surface area (Å²) in [6.07, 6.45) is 0. The van der Waals surface area contributed by atoms with E-state index in [4.69, 9.17) is 9.47 Å². The Kier molecular flexibility index (Phi) is 3.80. The van der Waals surface area contributed by atoms with Crippen LogP contribution in [-0.2, 0) is 4.79 Å². The van der Waals surface area contributed by atoms with E-state index >= 15 is 0 Å². The Hall–Kier alpha value is -1.69. The molecule has 3 rings (SSSR count). The summed E-state index contributed by atoms with van der Waals surface area (Å²) in [7, 11) is 1.70. The van der Waals surface area contributed by atoms with Crippen molar-refractivity contribution in [3.05, 3.63) is 23.8 Å². The minimum atomic E-state index is -0.483. The summed E-state index contributed by atoms with van der Waals surface area (Å²) < 4.78 is 10.5. The van der Waals surface area contributed by atoms with Crippen LogP contribution in [0.4, 0.5) is 0 Å². The molecule has 2 aliphatic heterocycles. The molecule has 21 heavy (non-hydrogen) atoms. The van der Waals surface area contributed by atoms with Gasteiger partial charge in [0.1, 0.15) is 0 Å². The van der Waals surface area contributed by atoms with E-state index in [1.54, 1.807) is 48.8 Å². The number of likely N-dealkylation sites (N-methyl/N-ethyl adjacent to an activating group) is 1. The van der Waals surface area contributed by atoms with Crippen LogP contribution in [0.2, 0.25) is 0 Å². The molecule has 2 aliphatic rings. The third kappa shape index (κ3) is 2.60. The fraction of sp³-hybridized carbons (Fsp3) is 0.467. The first-order chi connectivity index (χ1) is 10.1. The van der Waals surface area contributed by atoms with Gasteiger partial charge >= 0.3 is 0 Å². The van der Waals surface area contributed by atoms with Gasteiger partial charge in [0.2, 0.25) is 12.7 Å². The number of ether oxygens (including phenoxy) is 2. The molecule has 0 N–H and O–H groups in total. The van der Waals surface area contributed by atoms with E-state index in [-0.39, 0.29) is 24.4 Å². The highest BCUT2D eigenvalue weighted by Gasteiger charge is 2.33. The van der Waals surface area contributed by atoms with Crippen molar-refractivity contribution in [1.29, 1.82) is 0 Å². The second-order valence-corrected chi connectivity index (χ2v) is 6.37. The van der Waals surface area contributed by atoms with Crippen molar-refractivity contribution in [2.45, 2.75) is 13.0 Å². The molecular weight excluding hydrogens is 290 g/mol. The zero-order valence-electron chi connectivity index (χ0n) is 12.0. The van der Waals surface area contributed by atoms with Gasteiger partial charge in [-0.2, -0.15) is 11.8 Å². The van der Waals surface area contributed by atoms with E-state index in [2.05, 4.69) is 0 Å². The monoisotopic (exact) mass is 307 g/mol. The van der Waals surface area contributed by atoms with E-state index < -0.39 is 6.04 Å². The van der Waals surface area contributed by atoms with Crippen LogP contribution in [0.5, 0.6) is 11.5 Å². The van der Waals surface area contributed by atoms with Crippen molar-refractivity contribution in [1.82, 2.24) is 4.90 Å². The summed E-state index contributed by atoms with van der Waals surface area (Å²) in [5.41, 5.74) is 0.536. The molecule has 0 saturated carbocycles. The number of nitrogens with zero attached hydrogens (tertiary/aromatic N) is 1. The summed E-state index contributed by atoms with van der Waals surface area (Å²) in [6, 6.07) is 4.64. The second kappa shape index (κ2) is 5.60. The Morgan fingerprint density at radius 2 is 2.00 bits per heavy atom. The van der Waals surface area contributed by atoms with Crippen LogP contribution >= 0.6 is 11.8 Å². The molecule has 1 saturated heterocycles. The number of hydrogen-bond donors (Lipinski definition) is 0. The van der Waals surface area contributed by atoms with E-state index in [1.165, 1.54) is 0 Å². The zero-order valence-corrected chi connectivity index (χ0v) is 12.8. The topological polar surface area (TPSA) is 55.8 Å². The predicted molar refractivity (Wildman–Crippen MR) is 79.9 cm³/mol. The lowest BCUT2D eigenvalue weighted by atomic mass is 10.0. The predicted octanol–water partition coefficient (Wildman–Crippen LogP) is 1.81. The molecule has 0 bridgehead atoms. The molecule has 6 heteroatoms. The number of rotatable bonds is 4. The van der Waals surface area contributed by atoms with Crippen molar-refractivity contribution < 1.29 is 19.1 Å². The Morgan fingerprint density at radius 3 is 2.67 bits per heavy atom. The van der Waals surface area contributed by atoms with E-state index in [1.807, 2.05) is 0 Å². The first kappa shape index (κ1) is 14.3. The average molecular weight is 307 g/mol. The molecule has 1 aromatic rings. The van der Waals surface area contributed by atoms with Gasteiger partial charge in [-0.1, -0.05) is 0 Å². The standard InChI is InChI=1S/C15H17NO4S/c1-9(16(2)15(18)11-6-21-7-11)14(17)10-3-4-12-13(5-10)20-8-19-12/h3-5,9,11H,6-8H2,1-2H3/t9-/m0/s1. The van der Waals surface area contributed by atoms with Crippen LogP contribution in [0.25, 0.3) is 0 Å². The van der Waals surface area contributed by atoms with Crippen LogP contribution in [0.15, 0.2) is 18.2 Å².